The highest BCUT2D eigenvalue weighted by atomic mass is 79.9. The summed E-state index contributed by atoms with van der Waals surface area (Å²) in [5, 5.41) is 13.8. The maximum atomic E-state index is 10.7. The Labute approximate surface area is 101 Å². The molecule has 1 saturated heterocycles. The van der Waals surface area contributed by atoms with Gasteiger partial charge < -0.3 is 10.1 Å². The van der Waals surface area contributed by atoms with Crippen LogP contribution in [0.25, 0.3) is 0 Å². The van der Waals surface area contributed by atoms with Gasteiger partial charge in [0.25, 0.3) is 5.69 Å². The highest BCUT2D eigenvalue weighted by molar-refractivity contribution is 9.10. The first-order valence-corrected chi connectivity index (χ1v) is 5.64. The van der Waals surface area contributed by atoms with E-state index in [0.29, 0.717) is 10.2 Å². The van der Waals surface area contributed by atoms with Gasteiger partial charge in [0.1, 0.15) is 15.8 Å². The lowest BCUT2D eigenvalue weighted by molar-refractivity contribution is -0.385. The van der Waals surface area contributed by atoms with Crippen molar-refractivity contribution < 1.29 is 9.66 Å². The summed E-state index contributed by atoms with van der Waals surface area (Å²) in [7, 11) is 0. The van der Waals surface area contributed by atoms with Crippen LogP contribution >= 0.6 is 15.9 Å². The molecule has 0 atom stereocenters. The van der Waals surface area contributed by atoms with E-state index in [9.17, 15) is 10.1 Å². The van der Waals surface area contributed by atoms with Crippen LogP contribution in [0.5, 0.6) is 5.75 Å². The predicted octanol–water partition coefficient (Wildman–Crippen LogP) is 2.10. The normalized spacial score (nSPS) is 17.6. The molecule has 2 rings (SSSR count). The van der Waals surface area contributed by atoms with Crippen LogP contribution in [0.15, 0.2) is 22.7 Å². The average Bonchev–Trinajstić information content (AvgIpc) is 2.18. The molecule has 6 heteroatoms. The van der Waals surface area contributed by atoms with Gasteiger partial charge in [-0.3, -0.25) is 10.1 Å². The molecule has 0 aliphatic carbocycles. The van der Waals surface area contributed by atoms with E-state index in [-0.39, 0.29) is 11.3 Å². The molecule has 1 heterocycles. The van der Waals surface area contributed by atoms with E-state index in [1.807, 2.05) is 6.92 Å². The van der Waals surface area contributed by atoms with Crippen molar-refractivity contribution in [1.29, 1.82) is 0 Å². The van der Waals surface area contributed by atoms with Crippen LogP contribution < -0.4 is 10.1 Å². The zero-order chi connectivity index (χ0) is 11.8. The molecule has 1 fully saturated rings. The lowest BCUT2D eigenvalue weighted by Crippen LogP contribution is -2.61. The van der Waals surface area contributed by atoms with Crippen molar-refractivity contribution in [3.8, 4) is 5.75 Å². The minimum Gasteiger partial charge on any atom is -0.483 e. The molecular formula is C10H11BrN2O3. The van der Waals surface area contributed by atoms with Gasteiger partial charge in [0.15, 0.2) is 0 Å². The smallest absolute Gasteiger partial charge is 0.287 e. The number of benzene rings is 1. The zero-order valence-electron chi connectivity index (χ0n) is 8.70. The molecule has 86 valence electrons. The summed E-state index contributed by atoms with van der Waals surface area (Å²) in [6.45, 7) is 3.47. The van der Waals surface area contributed by atoms with E-state index in [1.54, 1.807) is 12.1 Å². The van der Waals surface area contributed by atoms with Gasteiger partial charge in [-0.15, -0.1) is 0 Å². The van der Waals surface area contributed by atoms with Gasteiger partial charge in [0.05, 0.1) is 4.92 Å². The summed E-state index contributed by atoms with van der Waals surface area (Å²) in [5.41, 5.74) is -0.244. The van der Waals surface area contributed by atoms with Crippen molar-refractivity contribution in [2.45, 2.75) is 12.5 Å². The SMILES string of the molecule is CC1(Oc2cccc([N+](=O)[O-])c2Br)CNC1. The standard InChI is InChI=1S/C10H11BrN2O3/c1-10(5-12-6-10)16-8-4-2-3-7(9(8)11)13(14)15/h2-4,12H,5-6H2,1H3. The average molecular weight is 287 g/mol. The van der Waals surface area contributed by atoms with E-state index in [4.69, 9.17) is 4.74 Å². The number of hydrogen-bond acceptors (Lipinski definition) is 4. The second-order valence-electron chi connectivity index (χ2n) is 4.00. The predicted molar refractivity (Wildman–Crippen MR) is 62.7 cm³/mol. The minimum atomic E-state index is -0.432. The number of nitrogens with zero attached hydrogens (tertiary/aromatic N) is 1. The van der Waals surface area contributed by atoms with Crippen LogP contribution in [0.2, 0.25) is 0 Å². The summed E-state index contributed by atoms with van der Waals surface area (Å²) >= 11 is 3.20. The molecule has 0 unspecified atom stereocenters. The second kappa shape index (κ2) is 4.03. The Morgan fingerprint density at radius 2 is 2.25 bits per heavy atom. The molecule has 0 saturated carbocycles. The van der Waals surface area contributed by atoms with Crippen LogP contribution in [0.4, 0.5) is 5.69 Å². The Hall–Kier alpha value is -1.14. The highest BCUT2D eigenvalue weighted by Crippen LogP contribution is 2.36. The van der Waals surface area contributed by atoms with Crippen molar-refractivity contribution >= 4 is 21.6 Å². The topological polar surface area (TPSA) is 64.4 Å². The van der Waals surface area contributed by atoms with E-state index in [2.05, 4.69) is 21.2 Å². The maximum absolute atomic E-state index is 10.7. The Kier molecular flexibility index (Phi) is 2.86. The summed E-state index contributed by atoms with van der Waals surface area (Å²) in [5.74, 6) is 0.512. The minimum absolute atomic E-state index is 0.0217. The number of nitrogens with one attached hydrogen (secondary N) is 1. The molecular weight excluding hydrogens is 276 g/mol. The van der Waals surface area contributed by atoms with Crippen molar-refractivity contribution in [1.82, 2.24) is 5.32 Å². The number of nitro benzene ring substituents is 1. The van der Waals surface area contributed by atoms with Crippen LogP contribution in [0.3, 0.4) is 0 Å². The fourth-order valence-corrected chi connectivity index (χ4v) is 2.02. The van der Waals surface area contributed by atoms with Gasteiger partial charge in [-0.2, -0.15) is 0 Å². The maximum Gasteiger partial charge on any atom is 0.287 e. The van der Waals surface area contributed by atoms with Gasteiger partial charge in [-0.25, -0.2) is 0 Å². The number of ether oxygens (including phenoxy) is 1. The van der Waals surface area contributed by atoms with Gasteiger partial charge in [-0.1, -0.05) is 6.07 Å². The van der Waals surface area contributed by atoms with Crippen LogP contribution in [-0.2, 0) is 0 Å². The Morgan fingerprint density at radius 3 is 2.75 bits per heavy atom. The molecule has 5 nitrogen and oxygen atoms in total. The molecule has 0 amide bonds. The molecule has 0 bridgehead atoms. The number of nitro groups is 1. The van der Waals surface area contributed by atoms with Gasteiger partial charge in [0, 0.05) is 19.2 Å². The van der Waals surface area contributed by atoms with Crippen molar-refractivity contribution in [2.24, 2.45) is 0 Å². The van der Waals surface area contributed by atoms with E-state index < -0.39 is 4.92 Å². The molecule has 1 aromatic rings. The lowest BCUT2D eigenvalue weighted by Gasteiger charge is -2.39. The summed E-state index contributed by atoms with van der Waals surface area (Å²) < 4.78 is 6.14. The second-order valence-corrected chi connectivity index (χ2v) is 4.79. The molecule has 1 N–H and O–H groups in total. The Balaban J connectivity index is 2.27. The first-order valence-electron chi connectivity index (χ1n) is 4.84. The molecule has 16 heavy (non-hydrogen) atoms. The van der Waals surface area contributed by atoms with Crippen molar-refractivity contribution in [3.05, 3.63) is 32.8 Å². The molecule has 0 spiro atoms. The van der Waals surface area contributed by atoms with E-state index in [0.717, 1.165) is 13.1 Å². The lowest BCUT2D eigenvalue weighted by atomic mass is 10.00. The van der Waals surface area contributed by atoms with Crippen LogP contribution in [0.1, 0.15) is 6.92 Å². The van der Waals surface area contributed by atoms with Gasteiger partial charge in [-0.05, 0) is 28.9 Å². The summed E-state index contributed by atoms with van der Waals surface area (Å²) in [6.07, 6.45) is 0. The number of hydrogen-bond donors (Lipinski definition) is 1. The molecule has 0 radical (unpaired) electrons. The fraction of sp³-hybridized carbons (Fsp3) is 0.400. The Morgan fingerprint density at radius 1 is 1.56 bits per heavy atom. The third-order valence-electron chi connectivity index (χ3n) is 2.49. The zero-order valence-corrected chi connectivity index (χ0v) is 10.3. The van der Waals surface area contributed by atoms with Gasteiger partial charge in [0.2, 0.25) is 0 Å². The van der Waals surface area contributed by atoms with Crippen molar-refractivity contribution in [3.63, 3.8) is 0 Å². The molecule has 0 aromatic heterocycles. The number of rotatable bonds is 3. The number of halogens is 1. The first kappa shape index (κ1) is 11.3. The Bertz CT molecular complexity index is 432. The third-order valence-corrected chi connectivity index (χ3v) is 3.29. The quantitative estimate of drug-likeness (QED) is 0.683. The molecule has 1 aromatic carbocycles. The summed E-state index contributed by atoms with van der Waals surface area (Å²) in [6, 6.07) is 4.78. The van der Waals surface area contributed by atoms with E-state index >= 15 is 0 Å². The fourth-order valence-electron chi connectivity index (χ4n) is 1.53. The van der Waals surface area contributed by atoms with Gasteiger partial charge >= 0.3 is 0 Å². The molecule has 1 aliphatic heterocycles. The summed E-state index contributed by atoms with van der Waals surface area (Å²) in [4.78, 5) is 10.3. The van der Waals surface area contributed by atoms with Crippen LogP contribution in [0, 0.1) is 10.1 Å². The molecule has 1 aliphatic rings. The highest BCUT2D eigenvalue weighted by Gasteiger charge is 2.35. The van der Waals surface area contributed by atoms with E-state index in [1.165, 1.54) is 6.07 Å². The largest absolute Gasteiger partial charge is 0.483 e. The van der Waals surface area contributed by atoms with Crippen LogP contribution in [-0.4, -0.2) is 23.6 Å². The van der Waals surface area contributed by atoms with Crippen molar-refractivity contribution in [2.75, 3.05) is 13.1 Å². The first-order chi connectivity index (χ1) is 7.52. The third kappa shape index (κ3) is 2.03. The monoisotopic (exact) mass is 286 g/mol.